The lowest BCUT2D eigenvalue weighted by Gasteiger charge is -2.42. The molecule has 0 bridgehead atoms. The van der Waals surface area contributed by atoms with Crippen LogP contribution in [0.15, 0.2) is 364 Å². The van der Waals surface area contributed by atoms with Crippen molar-refractivity contribution in [3.05, 3.63) is 425 Å². The number of fused-ring (bicyclic) bond motifs is 4. The van der Waals surface area contributed by atoms with Crippen LogP contribution in [0.25, 0.3) is 79.2 Å². The van der Waals surface area contributed by atoms with E-state index in [2.05, 4.69) is 203 Å². The molecular weight excluding hydrogens is 1440 g/mol. The maximum atomic E-state index is 9.47. The first kappa shape index (κ1) is 77.7. The highest BCUT2D eigenvalue weighted by atomic mass is 35.5. The highest BCUT2D eigenvalue weighted by Crippen LogP contribution is 2.58. The number of aliphatic hydroxyl groups is 2. The van der Waals surface area contributed by atoms with Crippen LogP contribution >= 0.6 is 11.6 Å². The predicted octanol–water partition coefficient (Wildman–Crippen LogP) is 22.4. The summed E-state index contributed by atoms with van der Waals surface area (Å²) in [5.74, 6) is 5.56. The Bertz CT molecular complexity index is 6050. The molecule has 2 aliphatic heterocycles. The topological polar surface area (TPSA) is 184 Å². The molecule has 0 saturated carbocycles. The summed E-state index contributed by atoms with van der Waals surface area (Å²) in [6, 6.07) is 127. The second-order valence-corrected chi connectivity index (χ2v) is 28.8. The SMILES string of the molecule is C.CC(C)(O)C(C)(C)O.N#Cc1ccc(-c2nc(-c3ccc(-c4ccccc4)cc3)nc(-c3cccc4c3Oc3ccccc3C4(c3ccccc3)c3ccccc3)n2)cc1.N#Cc1ccc(-c2nc(Cl)nc(-c3ccc(-c4ccccc4)cc3)n2)cc1.[B]c1cccc2c1Oc1ccccc1C2(c1ccccc1)c1ccccc1. The van der Waals surface area contributed by atoms with Crippen molar-refractivity contribution in [3.8, 4) is 114 Å². The summed E-state index contributed by atoms with van der Waals surface area (Å²) in [4.78, 5) is 28.2. The molecule has 556 valence electrons. The Morgan fingerprint density at radius 3 is 0.930 bits per heavy atom. The number of benzene rings is 14. The van der Waals surface area contributed by atoms with Gasteiger partial charge in [0.1, 0.15) is 30.8 Å². The Hall–Kier alpha value is -14.0. The summed E-state index contributed by atoms with van der Waals surface area (Å²) in [5.41, 5.74) is 16.0. The minimum atomic E-state index is -1.01. The van der Waals surface area contributed by atoms with Crippen molar-refractivity contribution >= 4 is 24.9 Å². The van der Waals surface area contributed by atoms with Crippen LogP contribution in [0.3, 0.4) is 0 Å². The van der Waals surface area contributed by atoms with E-state index in [9.17, 15) is 5.26 Å². The van der Waals surface area contributed by atoms with E-state index >= 15 is 0 Å². The molecule has 0 spiro atoms. The van der Waals surface area contributed by atoms with Crippen molar-refractivity contribution in [1.29, 1.82) is 10.5 Å². The Labute approximate surface area is 677 Å². The zero-order valence-electron chi connectivity index (χ0n) is 62.9. The molecule has 16 aromatic rings. The van der Waals surface area contributed by atoms with E-state index in [1.807, 2.05) is 152 Å². The van der Waals surface area contributed by atoms with Gasteiger partial charge in [0.05, 0.1) is 50.9 Å². The molecule has 2 radical (unpaired) electrons. The summed E-state index contributed by atoms with van der Waals surface area (Å²) >= 11 is 6.12. The molecular formula is C101H78BClN8O4. The Morgan fingerprint density at radius 2 is 0.574 bits per heavy atom. The molecule has 0 atom stereocenters. The van der Waals surface area contributed by atoms with E-state index in [1.165, 1.54) is 11.1 Å². The number of rotatable bonds is 12. The van der Waals surface area contributed by atoms with Gasteiger partial charge in [-0.25, -0.2) is 19.9 Å². The van der Waals surface area contributed by atoms with Crippen LogP contribution in [0, 0.1) is 22.7 Å². The van der Waals surface area contributed by atoms with Gasteiger partial charge in [0, 0.05) is 44.5 Å². The molecule has 115 heavy (non-hydrogen) atoms. The van der Waals surface area contributed by atoms with Gasteiger partial charge in [0.15, 0.2) is 29.1 Å². The highest BCUT2D eigenvalue weighted by molar-refractivity contribution is 6.34. The lowest BCUT2D eigenvalue weighted by Crippen LogP contribution is -2.44. The van der Waals surface area contributed by atoms with Crippen LogP contribution in [-0.4, -0.2) is 59.2 Å². The van der Waals surface area contributed by atoms with Gasteiger partial charge >= 0.3 is 0 Å². The average Bonchev–Trinajstić information content (AvgIpc) is 0.707. The van der Waals surface area contributed by atoms with E-state index in [-0.39, 0.29) is 12.7 Å². The smallest absolute Gasteiger partial charge is 0.226 e. The molecule has 14 aromatic carbocycles. The van der Waals surface area contributed by atoms with Gasteiger partial charge < -0.3 is 19.7 Å². The summed E-state index contributed by atoms with van der Waals surface area (Å²) in [7, 11) is 6.35. The van der Waals surface area contributed by atoms with E-state index in [0.717, 1.165) is 101 Å². The largest absolute Gasteiger partial charge is 0.457 e. The zero-order valence-corrected chi connectivity index (χ0v) is 63.6. The lowest BCUT2D eigenvalue weighted by molar-refractivity contribution is -0.107. The molecule has 12 nitrogen and oxygen atoms in total. The monoisotopic (exact) mass is 1510 g/mol. The van der Waals surface area contributed by atoms with E-state index < -0.39 is 22.0 Å². The first-order valence-corrected chi connectivity index (χ1v) is 37.6. The fourth-order valence-electron chi connectivity index (χ4n) is 14.3. The van der Waals surface area contributed by atoms with Gasteiger partial charge in [0.2, 0.25) is 5.28 Å². The third-order valence-corrected chi connectivity index (χ3v) is 20.9. The van der Waals surface area contributed by atoms with Crippen LogP contribution in [0.2, 0.25) is 5.28 Å². The first-order valence-electron chi connectivity index (χ1n) is 37.3. The van der Waals surface area contributed by atoms with Gasteiger partial charge in [-0.3, -0.25) is 0 Å². The van der Waals surface area contributed by atoms with Gasteiger partial charge in [-0.1, -0.05) is 310 Å². The summed E-state index contributed by atoms with van der Waals surface area (Å²) in [6.07, 6.45) is 0. The minimum Gasteiger partial charge on any atom is -0.457 e. The quantitative estimate of drug-likeness (QED) is 0.111. The summed E-state index contributed by atoms with van der Waals surface area (Å²) in [5, 5.41) is 36.7. The van der Waals surface area contributed by atoms with Crippen LogP contribution in [0.4, 0.5) is 0 Å². The number of para-hydroxylation sites is 4. The molecule has 0 fully saturated rings. The average molecular weight is 1510 g/mol. The highest BCUT2D eigenvalue weighted by Gasteiger charge is 2.47. The third kappa shape index (κ3) is 16.0. The molecule has 14 heteroatoms. The number of nitriles is 2. The molecule has 4 heterocycles. The normalized spacial score (nSPS) is 12.4. The van der Waals surface area contributed by atoms with Crippen molar-refractivity contribution in [3.63, 3.8) is 0 Å². The maximum Gasteiger partial charge on any atom is 0.226 e. The molecule has 2 aliphatic rings. The number of hydrogen-bond donors (Lipinski definition) is 2. The number of ether oxygens (including phenoxy) is 2. The van der Waals surface area contributed by atoms with E-state index in [1.54, 1.807) is 64.1 Å². The van der Waals surface area contributed by atoms with Crippen LogP contribution in [-0.2, 0) is 10.8 Å². The third-order valence-electron chi connectivity index (χ3n) is 20.7. The van der Waals surface area contributed by atoms with Gasteiger partial charge in [-0.2, -0.15) is 20.5 Å². The predicted molar refractivity (Wildman–Crippen MR) is 460 cm³/mol. The standard InChI is InChI=1S/C47H30N4O.C25H17BO.C22H13ClN4.C6H14O2.CH4/c48-31-32-23-25-35(26-24-32)44-49-45(36-29-27-34(28-30-36)33-13-4-1-5-14-33)51-46(50-44)39-19-12-21-41-43(39)52-42-22-11-10-20-40(42)47(41,37-15-6-2-7-16-37)38-17-8-3-9-18-38;26-22-16-9-15-21-24(22)27-23-17-8-7-14-20(23)25(21,18-10-3-1-4-11-18)19-12-5-2-6-13-19;23-22-26-20(18-8-6-15(14-24)7-9-18)25-21(27-22)19-12-10-17(11-13-19)16-4-2-1-3-5-16;1-5(2,7)6(3,4)8;/h1-30H;1-17H;1-13H;7-8H,1-4H3;1H4. The molecule has 18 rings (SSSR count). The Kier molecular flexibility index (Phi) is 22.9. The zero-order chi connectivity index (χ0) is 78.8. The summed E-state index contributed by atoms with van der Waals surface area (Å²) < 4.78 is 13.2. The van der Waals surface area contributed by atoms with Crippen molar-refractivity contribution in [2.45, 2.75) is 57.2 Å². The lowest BCUT2D eigenvalue weighted by atomic mass is 9.63. The van der Waals surface area contributed by atoms with Gasteiger partial charge in [-0.15, -0.1) is 0 Å². The van der Waals surface area contributed by atoms with Crippen molar-refractivity contribution in [2.75, 3.05) is 0 Å². The number of aromatic nitrogens is 6. The fraction of sp³-hybridized carbons (Fsp3) is 0.0891. The molecule has 0 unspecified atom stereocenters. The molecule has 2 aromatic heterocycles. The Balaban J connectivity index is 0.000000146. The van der Waals surface area contributed by atoms with Crippen molar-refractivity contribution in [2.24, 2.45) is 0 Å². The number of halogens is 1. The van der Waals surface area contributed by atoms with E-state index in [0.29, 0.717) is 51.5 Å². The second kappa shape index (κ2) is 33.9. The number of hydrogen-bond acceptors (Lipinski definition) is 12. The van der Waals surface area contributed by atoms with Crippen LogP contribution in [0.5, 0.6) is 23.0 Å². The van der Waals surface area contributed by atoms with Gasteiger partial charge in [-0.05, 0) is 151 Å². The minimum absolute atomic E-state index is 0. The molecule has 2 N–H and O–H groups in total. The van der Waals surface area contributed by atoms with Crippen LogP contribution in [0.1, 0.15) is 90.8 Å². The second-order valence-electron chi connectivity index (χ2n) is 28.5. The summed E-state index contributed by atoms with van der Waals surface area (Å²) in [6.45, 7) is 6.31. The van der Waals surface area contributed by atoms with Crippen molar-refractivity contribution in [1.82, 2.24) is 29.9 Å². The van der Waals surface area contributed by atoms with Gasteiger partial charge in [0.25, 0.3) is 0 Å². The maximum absolute atomic E-state index is 9.47. The van der Waals surface area contributed by atoms with Crippen molar-refractivity contribution < 1.29 is 19.7 Å². The molecule has 0 saturated heterocycles. The van der Waals surface area contributed by atoms with E-state index in [4.69, 9.17) is 59.3 Å². The fourth-order valence-corrected chi connectivity index (χ4v) is 14.4. The number of nitrogens with zero attached hydrogens (tertiary/aromatic N) is 8. The van der Waals surface area contributed by atoms with Crippen LogP contribution < -0.4 is 14.9 Å². The molecule has 0 amide bonds. The molecule has 0 aliphatic carbocycles. The Morgan fingerprint density at radius 1 is 0.304 bits per heavy atom. The first-order chi connectivity index (χ1) is 55.5.